The zero-order valence-corrected chi connectivity index (χ0v) is 22.2. The number of carbonyl (C=O) groups is 2. The summed E-state index contributed by atoms with van der Waals surface area (Å²) in [7, 11) is -2.25. The van der Waals surface area contributed by atoms with E-state index in [2.05, 4.69) is 10.0 Å². The highest BCUT2D eigenvalue weighted by molar-refractivity contribution is 7.89. The van der Waals surface area contributed by atoms with Gasteiger partial charge in [0.05, 0.1) is 22.8 Å². The molecule has 1 aromatic heterocycles. The van der Waals surface area contributed by atoms with Gasteiger partial charge in [0, 0.05) is 43.7 Å². The van der Waals surface area contributed by atoms with Crippen molar-refractivity contribution >= 4 is 21.9 Å². The molecule has 11 heteroatoms. The Labute approximate surface area is 212 Å². The number of aromatic nitrogens is 2. The highest BCUT2D eigenvalue weighted by atomic mass is 32.2. The number of aryl methyl sites for hydroxylation is 1. The van der Waals surface area contributed by atoms with Crippen LogP contribution in [0, 0.1) is 5.41 Å². The van der Waals surface area contributed by atoms with Gasteiger partial charge in [0.2, 0.25) is 10.0 Å². The van der Waals surface area contributed by atoms with Gasteiger partial charge in [-0.3, -0.25) is 9.48 Å². The van der Waals surface area contributed by atoms with Crippen molar-refractivity contribution in [2.24, 2.45) is 5.41 Å². The third-order valence-corrected chi connectivity index (χ3v) is 7.45. The summed E-state index contributed by atoms with van der Waals surface area (Å²) < 4.78 is 39.0. The predicted octanol–water partition coefficient (Wildman–Crippen LogP) is 2.32. The van der Waals surface area contributed by atoms with Crippen molar-refractivity contribution < 1.29 is 27.5 Å². The molecular weight excluding hydrogens is 484 g/mol. The smallest absolute Gasteiger partial charge is 0.338 e. The van der Waals surface area contributed by atoms with Crippen LogP contribution in [0.4, 0.5) is 0 Å². The van der Waals surface area contributed by atoms with Crippen molar-refractivity contribution in [3.63, 3.8) is 0 Å². The zero-order valence-electron chi connectivity index (χ0n) is 21.4. The summed E-state index contributed by atoms with van der Waals surface area (Å²) in [4.78, 5) is 25.6. The van der Waals surface area contributed by atoms with E-state index in [1.54, 1.807) is 4.68 Å². The standard InChI is InChI=1S/C25H36N4O6S/c1-5-29-22-20(8-6-14-34-15-7-13-27-23(22)30)21(28-29)16-25(2,3)17-35-24(31)18-9-11-19(12-10-18)36(32,33)26-4/h9-12,26H,5-8,13-17H2,1-4H3,(H,27,30). The Hall–Kier alpha value is -2.76. The minimum Gasteiger partial charge on any atom is -0.462 e. The SMILES string of the molecule is CCn1nc(CC(C)(C)COC(=O)c2ccc(S(=O)(=O)NC)cc2)c2c1C(=O)NCCCOCCC2. The highest BCUT2D eigenvalue weighted by Crippen LogP contribution is 2.27. The van der Waals surface area contributed by atoms with Gasteiger partial charge < -0.3 is 14.8 Å². The van der Waals surface area contributed by atoms with Gasteiger partial charge in [-0.2, -0.15) is 5.10 Å². The summed E-state index contributed by atoms with van der Waals surface area (Å²) in [6.07, 6.45) is 2.75. The molecule has 1 aliphatic heterocycles. The first-order valence-electron chi connectivity index (χ1n) is 12.2. The van der Waals surface area contributed by atoms with Gasteiger partial charge >= 0.3 is 5.97 Å². The predicted molar refractivity (Wildman–Crippen MR) is 134 cm³/mol. The lowest BCUT2D eigenvalue weighted by Gasteiger charge is -2.24. The summed E-state index contributed by atoms with van der Waals surface area (Å²) in [5.41, 5.74) is 2.15. The molecule has 3 rings (SSSR count). The van der Waals surface area contributed by atoms with E-state index in [4.69, 9.17) is 14.6 Å². The first-order chi connectivity index (χ1) is 17.1. The van der Waals surface area contributed by atoms with Crippen molar-refractivity contribution in [1.82, 2.24) is 19.8 Å². The molecule has 0 unspecified atom stereocenters. The van der Waals surface area contributed by atoms with Gasteiger partial charge in [-0.05, 0) is 57.5 Å². The van der Waals surface area contributed by atoms with E-state index >= 15 is 0 Å². The molecule has 0 saturated heterocycles. The molecule has 0 fully saturated rings. The molecule has 2 N–H and O–H groups in total. The van der Waals surface area contributed by atoms with E-state index < -0.39 is 21.4 Å². The Morgan fingerprint density at radius 1 is 1.22 bits per heavy atom. The minimum atomic E-state index is -3.58. The number of sulfonamides is 1. The van der Waals surface area contributed by atoms with Gasteiger partial charge in [-0.15, -0.1) is 0 Å². The maximum absolute atomic E-state index is 12.9. The number of benzene rings is 1. The first-order valence-corrected chi connectivity index (χ1v) is 13.7. The lowest BCUT2D eigenvalue weighted by atomic mass is 9.86. The molecule has 0 saturated carbocycles. The number of esters is 1. The van der Waals surface area contributed by atoms with Gasteiger partial charge in [0.25, 0.3) is 5.91 Å². The third kappa shape index (κ3) is 6.92. The number of carbonyl (C=O) groups excluding carboxylic acids is 2. The number of ether oxygens (including phenoxy) is 2. The van der Waals surface area contributed by atoms with Crippen LogP contribution in [0.25, 0.3) is 0 Å². The molecule has 0 spiro atoms. The van der Waals surface area contributed by atoms with Gasteiger partial charge in [-0.25, -0.2) is 17.9 Å². The second-order valence-corrected chi connectivity index (χ2v) is 11.5. The Kier molecular flexibility index (Phi) is 9.26. The van der Waals surface area contributed by atoms with E-state index in [1.807, 2.05) is 20.8 Å². The quantitative estimate of drug-likeness (QED) is 0.511. The fourth-order valence-corrected chi connectivity index (χ4v) is 4.82. The van der Waals surface area contributed by atoms with Crippen LogP contribution in [0.5, 0.6) is 0 Å². The number of hydrogen-bond acceptors (Lipinski definition) is 7. The van der Waals surface area contributed by atoms with Crippen molar-refractivity contribution in [2.75, 3.05) is 33.4 Å². The zero-order chi connectivity index (χ0) is 26.3. The van der Waals surface area contributed by atoms with Crippen molar-refractivity contribution in [2.45, 2.75) is 57.9 Å². The van der Waals surface area contributed by atoms with Crippen LogP contribution in [0.3, 0.4) is 0 Å². The fourth-order valence-electron chi connectivity index (χ4n) is 4.09. The van der Waals surface area contributed by atoms with E-state index in [-0.39, 0.29) is 23.0 Å². The molecule has 0 bridgehead atoms. The number of hydrogen-bond donors (Lipinski definition) is 2. The molecule has 1 amide bonds. The van der Waals surface area contributed by atoms with Crippen molar-refractivity contribution in [3.05, 3.63) is 46.8 Å². The minimum absolute atomic E-state index is 0.0709. The topological polar surface area (TPSA) is 129 Å². The molecule has 1 aliphatic rings. The molecule has 0 aliphatic carbocycles. The number of amides is 1. The van der Waals surface area contributed by atoms with Crippen LogP contribution < -0.4 is 10.0 Å². The van der Waals surface area contributed by atoms with Crippen LogP contribution in [0.15, 0.2) is 29.2 Å². The lowest BCUT2D eigenvalue weighted by Crippen LogP contribution is -2.28. The highest BCUT2D eigenvalue weighted by Gasteiger charge is 2.29. The Morgan fingerprint density at radius 3 is 2.58 bits per heavy atom. The third-order valence-electron chi connectivity index (χ3n) is 6.02. The van der Waals surface area contributed by atoms with E-state index in [1.165, 1.54) is 31.3 Å². The average Bonchev–Trinajstić information content (AvgIpc) is 3.18. The first kappa shape index (κ1) is 27.8. The van der Waals surface area contributed by atoms with Crippen LogP contribution in [-0.4, -0.2) is 63.5 Å². The summed E-state index contributed by atoms with van der Waals surface area (Å²) in [5, 5.41) is 7.72. The largest absolute Gasteiger partial charge is 0.462 e. The molecule has 36 heavy (non-hydrogen) atoms. The van der Waals surface area contributed by atoms with Crippen LogP contribution >= 0.6 is 0 Å². The Bertz CT molecular complexity index is 1170. The average molecular weight is 521 g/mol. The van der Waals surface area contributed by atoms with Crippen LogP contribution in [0.2, 0.25) is 0 Å². The van der Waals surface area contributed by atoms with Crippen LogP contribution in [-0.2, 0) is 38.9 Å². The number of nitrogens with one attached hydrogen (secondary N) is 2. The van der Waals surface area contributed by atoms with Crippen molar-refractivity contribution in [1.29, 1.82) is 0 Å². The second kappa shape index (κ2) is 12.0. The maximum Gasteiger partial charge on any atom is 0.338 e. The van der Waals surface area contributed by atoms with Gasteiger partial charge in [-0.1, -0.05) is 13.8 Å². The molecule has 2 heterocycles. The maximum atomic E-state index is 12.9. The molecule has 0 radical (unpaired) electrons. The molecule has 10 nitrogen and oxygen atoms in total. The summed E-state index contributed by atoms with van der Waals surface area (Å²) in [6, 6.07) is 5.59. The summed E-state index contributed by atoms with van der Waals surface area (Å²) >= 11 is 0. The molecular formula is C25H36N4O6S. The normalized spacial score (nSPS) is 15.5. The lowest BCUT2D eigenvalue weighted by molar-refractivity contribution is 0.0339. The van der Waals surface area contributed by atoms with Gasteiger partial charge in [0.1, 0.15) is 5.69 Å². The van der Waals surface area contributed by atoms with E-state index in [0.717, 1.165) is 24.1 Å². The fraction of sp³-hybridized carbons (Fsp3) is 0.560. The van der Waals surface area contributed by atoms with E-state index in [9.17, 15) is 18.0 Å². The summed E-state index contributed by atoms with van der Waals surface area (Å²) in [5.74, 6) is -0.660. The molecule has 198 valence electrons. The van der Waals surface area contributed by atoms with Crippen LogP contribution in [0.1, 0.15) is 65.7 Å². The molecule has 2 aromatic rings. The monoisotopic (exact) mass is 520 g/mol. The molecule has 1 aromatic carbocycles. The van der Waals surface area contributed by atoms with Gasteiger partial charge in [0.15, 0.2) is 0 Å². The Morgan fingerprint density at radius 2 is 1.92 bits per heavy atom. The Balaban J connectivity index is 1.73. The van der Waals surface area contributed by atoms with E-state index in [0.29, 0.717) is 44.8 Å². The second-order valence-electron chi connectivity index (χ2n) is 9.56. The number of rotatable bonds is 8. The summed E-state index contributed by atoms with van der Waals surface area (Å²) in [6.45, 7) is 8.41. The molecule has 0 atom stereocenters. The van der Waals surface area contributed by atoms with Crippen molar-refractivity contribution in [3.8, 4) is 0 Å². The number of fused-ring (bicyclic) bond motifs is 1. The number of nitrogens with zero attached hydrogens (tertiary/aromatic N) is 2.